The third kappa shape index (κ3) is 6.42. The van der Waals surface area contributed by atoms with Crippen LogP contribution in [0.5, 0.6) is 5.75 Å². The number of benzene rings is 1. The van der Waals surface area contributed by atoms with Crippen LogP contribution in [-0.2, 0) is 6.42 Å². The van der Waals surface area contributed by atoms with Crippen molar-refractivity contribution in [3.8, 4) is 5.75 Å². The van der Waals surface area contributed by atoms with Gasteiger partial charge in [0.2, 0.25) is 0 Å². The summed E-state index contributed by atoms with van der Waals surface area (Å²) in [4.78, 5) is 0. The van der Waals surface area contributed by atoms with Crippen molar-refractivity contribution in [2.24, 2.45) is 11.8 Å². The van der Waals surface area contributed by atoms with Crippen LogP contribution in [0.4, 0.5) is 0 Å². The molecule has 1 rings (SSSR count). The van der Waals surface area contributed by atoms with Crippen LogP contribution in [0.15, 0.2) is 24.3 Å². The predicted molar refractivity (Wildman–Crippen MR) is 87.4 cm³/mol. The lowest BCUT2D eigenvalue weighted by atomic mass is 9.89. The van der Waals surface area contributed by atoms with Crippen LogP contribution >= 0.6 is 0 Å². The van der Waals surface area contributed by atoms with Crippen LogP contribution in [-0.4, -0.2) is 19.2 Å². The molecule has 20 heavy (non-hydrogen) atoms. The molecule has 2 unspecified atom stereocenters. The topological polar surface area (TPSA) is 21.3 Å². The van der Waals surface area contributed by atoms with Crippen LogP contribution < -0.4 is 10.1 Å². The quantitative estimate of drug-likeness (QED) is 0.803. The zero-order valence-corrected chi connectivity index (χ0v) is 14.0. The van der Waals surface area contributed by atoms with E-state index in [4.69, 9.17) is 4.74 Å². The Bertz CT molecular complexity index is 377. The van der Waals surface area contributed by atoms with Crippen LogP contribution in [0.2, 0.25) is 0 Å². The van der Waals surface area contributed by atoms with Crippen LogP contribution in [0, 0.1) is 11.8 Å². The molecule has 2 heteroatoms. The number of rotatable bonds is 7. The molecule has 2 atom stereocenters. The highest BCUT2D eigenvalue weighted by atomic mass is 16.5. The maximum atomic E-state index is 5.19. The second-order valence-electron chi connectivity index (χ2n) is 6.97. The van der Waals surface area contributed by atoms with Gasteiger partial charge in [0, 0.05) is 5.54 Å². The molecule has 1 aromatic rings. The Morgan fingerprint density at radius 1 is 1.05 bits per heavy atom. The average molecular weight is 277 g/mol. The van der Waals surface area contributed by atoms with E-state index in [1.807, 2.05) is 12.1 Å². The van der Waals surface area contributed by atoms with Gasteiger partial charge < -0.3 is 10.1 Å². The fourth-order valence-corrected chi connectivity index (χ4v) is 2.14. The fraction of sp³-hybridized carbons (Fsp3) is 0.667. The summed E-state index contributed by atoms with van der Waals surface area (Å²) in [6.07, 6.45) is 2.38. The lowest BCUT2D eigenvalue weighted by Crippen LogP contribution is -2.39. The smallest absolute Gasteiger partial charge is 0.118 e. The maximum Gasteiger partial charge on any atom is 0.118 e. The van der Waals surface area contributed by atoms with Gasteiger partial charge in [-0.2, -0.15) is 0 Å². The van der Waals surface area contributed by atoms with Crippen molar-refractivity contribution in [3.63, 3.8) is 0 Å². The molecule has 1 aromatic carbocycles. The molecule has 1 N–H and O–H groups in total. The van der Waals surface area contributed by atoms with E-state index in [9.17, 15) is 0 Å². The van der Waals surface area contributed by atoms with Gasteiger partial charge in [0.05, 0.1) is 7.11 Å². The predicted octanol–water partition coefficient (Wildman–Crippen LogP) is 4.29. The Balaban J connectivity index is 2.35. The highest BCUT2D eigenvalue weighted by molar-refractivity contribution is 5.27. The van der Waals surface area contributed by atoms with Crippen LogP contribution in [0.3, 0.4) is 0 Å². The van der Waals surface area contributed by atoms with Crippen molar-refractivity contribution < 1.29 is 4.74 Å². The first-order chi connectivity index (χ1) is 9.31. The molecule has 0 bridgehead atoms. The van der Waals surface area contributed by atoms with Crippen molar-refractivity contribution in [1.29, 1.82) is 0 Å². The lowest BCUT2D eigenvalue weighted by Gasteiger charge is -2.26. The van der Waals surface area contributed by atoms with Gasteiger partial charge in [-0.3, -0.25) is 0 Å². The normalized spacial score (nSPS) is 14.9. The fourth-order valence-electron chi connectivity index (χ4n) is 2.14. The number of aryl methyl sites for hydroxylation is 1. The molecule has 0 radical (unpaired) electrons. The first-order valence-electron chi connectivity index (χ1n) is 7.70. The standard InChI is InChI=1S/C18H31NO/c1-14(15(2)13-19-18(3,4)5)7-8-16-9-11-17(20-6)12-10-16/h9-12,14-15,19H,7-8,13H2,1-6H3. The number of hydrogen-bond acceptors (Lipinski definition) is 2. The summed E-state index contributed by atoms with van der Waals surface area (Å²) in [6.45, 7) is 12.5. The van der Waals surface area contributed by atoms with E-state index in [-0.39, 0.29) is 5.54 Å². The monoisotopic (exact) mass is 277 g/mol. The van der Waals surface area contributed by atoms with E-state index in [1.54, 1.807) is 7.11 Å². The Morgan fingerprint density at radius 2 is 1.65 bits per heavy atom. The third-order valence-electron chi connectivity index (χ3n) is 3.97. The first-order valence-corrected chi connectivity index (χ1v) is 7.70. The van der Waals surface area contributed by atoms with Crippen molar-refractivity contribution in [1.82, 2.24) is 5.32 Å². The van der Waals surface area contributed by atoms with E-state index in [2.05, 4.69) is 52.1 Å². The van der Waals surface area contributed by atoms with Gasteiger partial charge in [0.15, 0.2) is 0 Å². The molecule has 0 spiro atoms. The lowest BCUT2D eigenvalue weighted by molar-refractivity contribution is 0.307. The van der Waals surface area contributed by atoms with Crippen LogP contribution in [0.25, 0.3) is 0 Å². The summed E-state index contributed by atoms with van der Waals surface area (Å²) in [7, 11) is 1.71. The SMILES string of the molecule is COc1ccc(CCC(C)C(C)CNC(C)(C)C)cc1. The molecule has 0 saturated heterocycles. The molecule has 0 heterocycles. The van der Waals surface area contributed by atoms with Gasteiger partial charge in [-0.05, 0) is 69.7 Å². The molecular formula is C18H31NO. The molecule has 0 fully saturated rings. The Morgan fingerprint density at radius 3 is 2.15 bits per heavy atom. The van der Waals surface area contributed by atoms with Crippen molar-refractivity contribution in [2.75, 3.05) is 13.7 Å². The largest absolute Gasteiger partial charge is 0.497 e. The number of nitrogens with one attached hydrogen (secondary N) is 1. The molecule has 0 aliphatic carbocycles. The Labute approximate surface area is 124 Å². The highest BCUT2D eigenvalue weighted by Gasteiger charge is 2.15. The number of methoxy groups -OCH3 is 1. The molecule has 0 aromatic heterocycles. The number of hydrogen-bond donors (Lipinski definition) is 1. The van der Waals surface area contributed by atoms with Gasteiger partial charge >= 0.3 is 0 Å². The van der Waals surface area contributed by atoms with Crippen molar-refractivity contribution >= 4 is 0 Å². The molecule has 114 valence electrons. The van der Waals surface area contributed by atoms with E-state index in [1.165, 1.54) is 12.0 Å². The van der Waals surface area contributed by atoms with Gasteiger partial charge in [-0.1, -0.05) is 26.0 Å². The molecule has 0 amide bonds. The summed E-state index contributed by atoms with van der Waals surface area (Å²) in [6, 6.07) is 8.43. The summed E-state index contributed by atoms with van der Waals surface area (Å²) < 4.78 is 5.19. The van der Waals surface area contributed by atoms with Gasteiger partial charge in [-0.25, -0.2) is 0 Å². The summed E-state index contributed by atoms with van der Waals surface area (Å²) in [5.74, 6) is 2.36. The summed E-state index contributed by atoms with van der Waals surface area (Å²) >= 11 is 0. The molecule has 0 aliphatic rings. The Hall–Kier alpha value is -1.02. The minimum atomic E-state index is 0.212. The van der Waals surface area contributed by atoms with Gasteiger partial charge in [0.1, 0.15) is 5.75 Å². The molecule has 0 saturated carbocycles. The minimum Gasteiger partial charge on any atom is -0.497 e. The zero-order chi connectivity index (χ0) is 15.2. The van der Waals surface area contributed by atoms with Crippen LogP contribution in [0.1, 0.15) is 46.6 Å². The minimum absolute atomic E-state index is 0.212. The van der Waals surface area contributed by atoms with Crippen molar-refractivity contribution in [2.45, 2.75) is 53.0 Å². The van der Waals surface area contributed by atoms with E-state index < -0.39 is 0 Å². The van der Waals surface area contributed by atoms with Gasteiger partial charge in [0.25, 0.3) is 0 Å². The van der Waals surface area contributed by atoms with Crippen molar-refractivity contribution in [3.05, 3.63) is 29.8 Å². The first kappa shape index (κ1) is 17.0. The maximum absolute atomic E-state index is 5.19. The molecule has 0 aliphatic heterocycles. The average Bonchev–Trinajstić information content (AvgIpc) is 2.41. The zero-order valence-electron chi connectivity index (χ0n) is 14.0. The molecule has 2 nitrogen and oxygen atoms in total. The summed E-state index contributed by atoms with van der Waals surface area (Å²) in [5, 5.41) is 3.60. The summed E-state index contributed by atoms with van der Waals surface area (Å²) in [5.41, 5.74) is 1.61. The van der Waals surface area contributed by atoms with E-state index in [0.717, 1.165) is 24.6 Å². The Kier molecular flexibility index (Phi) is 6.54. The van der Waals surface area contributed by atoms with Gasteiger partial charge in [-0.15, -0.1) is 0 Å². The second kappa shape index (κ2) is 7.68. The molecular weight excluding hydrogens is 246 g/mol. The van der Waals surface area contributed by atoms with E-state index in [0.29, 0.717) is 5.92 Å². The highest BCUT2D eigenvalue weighted by Crippen LogP contribution is 2.19. The van der Waals surface area contributed by atoms with E-state index >= 15 is 0 Å². The third-order valence-corrected chi connectivity index (χ3v) is 3.97. The number of ether oxygens (including phenoxy) is 1. The second-order valence-corrected chi connectivity index (χ2v) is 6.97.